The fourth-order valence-corrected chi connectivity index (χ4v) is 2.24. The molecule has 5 heteroatoms. The highest BCUT2D eigenvalue weighted by Gasteiger charge is 2.35. The van der Waals surface area contributed by atoms with Gasteiger partial charge in [-0.15, -0.1) is 0 Å². The van der Waals surface area contributed by atoms with Gasteiger partial charge in [-0.25, -0.2) is 4.98 Å². The quantitative estimate of drug-likeness (QED) is 0.779. The van der Waals surface area contributed by atoms with E-state index < -0.39 is 17.4 Å². The van der Waals surface area contributed by atoms with Gasteiger partial charge in [0.15, 0.2) is 0 Å². The van der Waals surface area contributed by atoms with Crippen molar-refractivity contribution >= 4 is 5.91 Å². The van der Waals surface area contributed by atoms with Crippen molar-refractivity contribution in [3.8, 4) is 0 Å². The van der Waals surface area contributed by atoms with E-state index in [1.54, 1.807) is 0 Å². The van der Waals surface area contributed by atoms with E-state index in [0.717, 1.165) is 25.7 Å². The average molecular weight is 238 g/mol. The molecule has 4 nitrogen and oxygen atoms in total. The highest BCUT2D eigenvalue weighted by atomic mass is 19.1. The maximum Gasteiger partial charge on any atom is 0.256 e. The molecule has 1 aliphatic carbocycles. The number of nitrogens with zero attached hydrogens (tertiary/aromatic N) is 1. The van der Waals surface area contributed by atoms with E-state index in [1.165, 1.54) is 18.3 Å². The molecule has 0 aliphatic heterocycles. The Morgan fingerprint density at radius 1 is 1.53 bits per heavy atom. The van der Waals surface area contributed by atoms with E-state index in [-0.39, 0.29) is 12.2 Å². The minimum Gasteiger partial charge on any atom is -0.394 e. The number of hydrogen-bond donors (Lipinski definition) is 2. The Kier molecular flexibility index (Phi) is 3.38. The lowest BCUT2D eigenvalue weighted by molar-refractivity contribution is 0.0833. The van der Waals surface area contributed by atoms with Crippen LogP contribution in [0.15, 0.2) is 18.3 Å². The number of nitrogens with one attached hydrogen (secondary N) is 1. The second kappa shape index (κ2) is 4.79. The first-order valence-corrected chi connectivity index (χ1v) is 5.71. The second-order valence-electron chi connectivity index (χ2n) is 4.44. The maximum atomic E-state index is 13.3. The molecule has 1 saturated carbocycles. The Bertz CT molecular complexity index is 417. The third-order valence-corrected chi connectivity index (χ3v) is 3.25. The van der Waals surface area contributed by atoms with E-state index in [1.807, 2.05) is 0 Å². The van der Waals surface area contributed by atoms with Gasteiger partial charge in [-0.1, -0.05) is 12.8 Å². The van der Waals surface area contributed by atoms with Crippen LogP contribution in [0.1, 0.15) is 36.0 Å². The Morgan fingerprint density at radius 2 is 2.24 bits per heavy atom. The number of aliphatic hydroxyl groups is 1. The molecule has 0 bridgehead atoms. The first-order valence-electron chi connectivity index (χ1n) is 5.71. The molecule has 1 fully saturated rings. The first-order chi connectivity index (χ1) is 8.17. The zero-order chi connectivity index (χ0) is 12.3. The Labute approximate surface area is 98.9 Å². The van der Waals surface area contributed by atoms with Gasteiger partial charge >= 0.3 is 0 Å². The van der Waals surface area contributed by atoms with E-state index in [2.05, 4.69) is 10.3 Å². The molecule has 1 heterocycles. The van der Waals surface area contributed by atoms with Crippen LogP contribution in [0.5, 0.6) is 0 Å². The van der Waals surface area contributed by atoms with Crippen LogP contribution in [-0.4, -0.2) is 28.1 Å². The Morgan fingerprint density at radius 3 is 2.82 bits per heavy atom. The monoisotopic (exact) mass is 238 g/mol. The van der Waals surface area contributed by atoms with E-state index in [4.69, 9.17) is 0 Å². The largest absolute Gasteiger partial charge is 0.394 e. The Hall–Kier alpha value is -1.49. The summed E-state index contributed by atoms with van der Waals surface area (Å²) in [7, 11) is 0. The number of aromatic nitrogens is 1. The summed E-state index contributed by atoms with van der Waals surface area (Å²) < 4.78 is 13.3. The van der Waals surface area contributed by atoms with Gasteiger partial charge in [0.1, 0.15) is 0 Å². The molecule has 92 valence electrons. The molecule has 2 N–H and O–H groups in total. The predicted octanol–water partition coefficient (Wildman–Crippen LogP) is 1.26. The molecular weight excluding hydrogens is 223 g/mol. The van der Waals surface area contributed by atoms with Gasteiger partial charge in [0.2, 0.25) is 5.95 Å². The van der Waals surface area contributed by atoms with Crippen LogP contribution in [0.3, 0.4) is 0 Å². The summed E-state index contributed by atoms with van der Waals surface area (Å²) in [6, 6.07) is 2.90. The van der Waals surface area contributed by atoms with Crippen molar-refractivity contribution in [2.24, 2.45) is 0 Å². The highest BCUT2D eigenvalue weighted by Crippen LogP contribution is 2.29. The van der Waals surface area contributed by atoms with Crippen LogP contribution >= 0.6 is 0 Å². The molecular formula is C12H15FN2O2. The molecule has 0 radical (unpaired) electrons. The lowest BCUT2D eigenvalue weighted by Gasteiger charge is -2.27. The number of aliphatic hydroxyl groups excluding tert-OH is 1. The zero-order valence-electron chi connectivity index (χ0n) is 9.45. The van der Waals surface area contributed by atoms with E-state index in [0.29, 0.717) is 0 Å². The van der Waals surface area contributed by atoms with Crippen molar-refractivity contribution < 1.29 is 14.3 Å². The van der Waals surface area contributed by atoms with E-state index >= 15 is 0 Å². The van der Waals surface area contributed by atoms with Gasteiger partial charge in [-0.3, -0.25) is 4.79 Å². The standard InChI is InChI=1S/C12H15FN2O2/c13-10-9(4-3-7-14-10)11(17)15-12(8-16)5-1-2-6-12/h3-4,7,16H,1-2,5-6,8H2,(H,15,17). The van der Waals surface area contributed by atoms with Gasteiger partial charge in [0.25, 0.3) is 5.91 Å². The smallest absolute Gasteiger partial charge is 0.256 e. The average Bonchev–Trinajstić information content (AvgIpc) is 2.79. The van der Waals surface area contributed by atoms with Crippen LogP contribution in [-0.2, 0) is 0 Å². The van der Waals surface area contributed by atoms with Gasteiger partial charge in [0, 0.05) is 6.20 Å². The van der Waals surface area contributed by atoms with Crippen LogP contribution in [0, 0.1) is 5.95 Å². The van der Waals surface area contributed by atoms with E-state index in [9.17, 15) is 14.3 Å². The summed E-state index contributed by atoms with van der Waals surface area (Å²) in [6.07, 6.45) is 4.70. The van der Waals surface area contributed by atoms with Crippen molar-refractivity contribution in [2.75, 3.05) is 6.61 Å². The number of carbonyl (C=O) groups excluding carboxylic acids is 1. The summed E-state index contributed by atoms with van der Waals surface area (Å²) in [6.45, 7) is -0.110. The number of pyridine rings is 1. The molecule has 1 aliphatic rings. The van der Waals surface area contributed by atoms with Crippen molar-refractivity contribution in [1.82, 2.24) is 10.3 Å². The summed E-state index contributed by atoms with van der Waals surface area (Å²) in [5, 5.41) is 12.1. The second-order valence-corrected chi connectivity index (χ2v) is 4.44. The SMILES string of the molecule is O=C(NC1(CO)CCCC1)c1cccnc1F. The number of rotatable bonds is 3. The molecule has 1 amide bonds. The molecule has 0 unspecified atom stereocenters. The van der Waals surface area contributed by atoms with Crippen molar-refractivity contribution in [1.29, 1.82) is 0 Å². The van der Waals surface area contributed by atoms with Crippen molar-refractivity contribution in [3.05, 3.63) is 29.8 Å². The van der Waals surface area contributed by atoms with Gasteiger partial charge in [-0.2, -0.15) is 4.39 Å². The van der Waals surface area contributed by atoms with Gasteiger partial charge in [-0.05, 0) is 25.0 Å². The van der Waals surface area contributed by atoms with Crippen molar-refractivity contribution in [2.45, 2.75) is 31.2 Å². The van der Waals surface area contributed by atoms with Crippen LogP contribution < -0.4 is 5.32 Å². The first kappa shape index (κ1) is 12.0. The molecule has 1 aromatic rings. The minimum atomic E-state index is -0.781. The normalized spacial score (nSPS) is 18.0. The molecule has 1 aromatic heterocycles. The zero-order valence-corrected chi connectivity index (χ0v) is 9.45. The minimum absolute atomic E-state index is 0.0766. The molecule has 0 saturated heterocycles. The number of amides is 1. The molecule has 2 rings (SSSR count). The number of carbonyl (C=O) groups is 1. The molecule has 0 aromatic carbocycles. The third kappa shape index (κ3) is 2.44. The fourth-order valence-electron chi connectivity index (χ4n) is 2.24. The van der Waals surface area contributed by atoms with Gasteiger partial charge < -0.3 is 10.4 Å². The predicted molar refractivity (Wildman–Crippen MR) is 59.9 cm³/mol. The Balaban J connectivity index is 2.14. The number of hydrogen-bond acceptors (Lipinski definition) is 3. The van der Waals surface area contributed by atoms with Crippen molar-refractivity contribution in [3.63, 3.8) is 0 Å². The lowest BCUT2D eigenvalue weighted by atomic mass is 9.98. The topological polar surface area (TPSA) is 62.2 Å². The summed E-state index contributed by atoms with van der Waals surface area (Å²) >= 11 is 0. The lowest BCUT2D eigenvalue weighted by Crippen LogP contribution is -2.49. The van der Waals surface area contributed by atoms with Crippen LogP contribution in [0.2, 0.25) is 0 Å². The molecule has 0 spiro atoms. The fraction of sp³-hybridized carbons (Fsp3) is 0.500. The molecule has 0 atom stereocenters. The van der Waals surface area contributed by atoms with Crippen LogP contribution in [0.25, 0.3) is 0 Å². The summed E-state index contributed by atoms with van der Waals surface area (Å²) in [5.41, 5.74) is -0.661. The maximum absolute atomic E-state index is 13.3. The third-order valence-electron chi connectivity index (χ3n) is 3.25. The molecule has 17 heavy (non-hydrogen) atoms. The van der Waals surface area contributed by atoms with Crippen LogP contribution in [0.4, 0.5) is 4.39 Å². The highest BCUT2D eigenvalue weighted by molar-refractivity contribution is 5.94. The summed E-state index contributed by atoms with van der Waals surface area (Å²) in [4.78, 5) is 15.3. The number of halogens is 1. The van der Waals surface area contributed by atoms with Gasteiger partial charge in [0.05, 0.1) is 17.7 Å². The summed E-state index contributed by atoms with van der Waals surface area (Å²) in [5.74, 6) is -1.29.